The number of piperidine rings is 1. The Hall–Kier alpha value is -3.15. The van der Waals surface area contributed by atoms with E-state index in [0.717, 1.165) is 67.3 Å². The van der Waals surface area contributed by atoms with Crippen LogP contribution in [0.3, 0.4) is 0 Å². The molecule has 180 valence electrons. The molecule has 1 aromatic heterocycles. The number of para-hydroxylation sites is 2. The fraction of sp³-hybridized carbons (Fsp3) is 0.310. The molecule has 1 saturated heterocycles. The average Bonchev–Trinajstić information content (AvgIpc) is 3.23. The number of amides is 1. The molecule has 4 aromatic rings. The van der Waals surface area contributed by atoms with Gasteiger partial charge in [-0.25, -0.2) is 4.98 Å². The van der Waals surface area contributed by atoms with Crippen molar-refractivity contribution in [3.63, 3.8) is 0 Å². The first-order valence-corrected chi connectivity index (χ1v) is 12.8. The highest BCUT2D eigenvalue weighted by molar-refractivity contribution is 6.30. The van der Waals surface area contributed by atoms with Gasteiger partial charge in [0.25, 0.3) is 0 Å². The molecular formula is C29H31ClN4O. The molecule has 6 heteroatoms. The fourth-order valence-corrected chi connectivity index (χ4v) is 5.05. The zero-order chi connectivity index (χ0) is 24.0. The van der Waals surface area contributed by atoms with Crippen molar-refractivity contribution >= 4 is 28.5 Å². The smallest absolute Gasteiger partial charge is 0.224 e. The van der Waals surface area contributed by atoms with Crippen molar-refractivity contribution < 1.29 is 4.79 Å². The van der Waals surface area contributed by atoms with E-state index in [2.05, 4.69) is 57.2 Å². The van der Waals surface area contributed by atoms with E-state index in [1.54, 1.807) is 0 Å². The van der Waals surface area contributed by atoms with E-state index in [-0.39, 0.29) is 11.8 Å². The van der Waals surface area contributed by atoms with Gasteiger partial charge in [-0.15, -0.1) is 0 Å². The van der Waals surface area contributed by atoms with Crippen molar-refractivity contribution in [3.05, 3.63) is 101 Å². The van der Waals surface area contributed by atoms with E-state index in [1.807, 2.05) is 36.4 Å². The molecule has 5 rings (SSSR count). The number of halogens is 1. The highest BCUT2D eigenvalue weighted by Gasteiger charge is 2.26. The lowest BCUT2D eigenvalue weighted by Crippen LogP contribution is -2.43. The molecule has 0 spiro atoms. The van der Waals surface area contributed by atoms with Crippen LogP contribution >= 0.6 is 11.6 Å². The molecule has 0 radical (unpaired) electrons. The van der Waals surface area contributed by atoms with Crippen LogP contribution in [-0.4, -0.2) is 40.0 Å². The Morgan fingerprint density at radius 3 is 2.54 bits per heavy atom. The summed E-state index contributed by atoms with van der Waals surface area (Å²) >= 11 is 6.09. The van der Waals surface area contributed by atoms with Crippen LogP contribution in [0, 0.1) is 5.92 Å². The number of likely N-dealkylation sites (tertiary alicyclic amines) is 1. The molecule has 0 bridgehead atoms. The largest absolute Gasteiger partial charge is 0.355 e. The molecule has 1 amide bonds. The summed E-state index contributed by atoms with van der Waals surface area (Å²) in [6.45, 7) is 3.90. The van der Waals surface area contributed by atoms with Gasteiger partial charge in [-0.1, -0.05) is 66.2 Å². The first kappa shape index (κ1) is 23.6. The summed E-state index contributed by atoms with van der Waals surface area (Å²) in [4.78, 5) is 20.2. The van der Waals surface area contributed by atoms with Crippen molar-refractivity contribution in [2.45, 2.75) is 32.4 Å². The van der Waals surface area contributed by atoms with Gasteiger partial charge < -0.3 is 9.88 Å². The molecule has 0 aliphatic carbocycles. The third-order valence-electron chi connectivity index (χ3n) is 6.78. The first-order chi connectivity index (χ1) is 17.2. The molecule has 0 unspecified atom stereocenters. The van der Waals surface area contributed by atoms with Crippen LogP contribution in [-0.2, 0) is 24.3 Å². The molecule has 1 aliphatic heterocycles. The van der Waals surface area contributed by atoms with Gasteiger partial charge in [0.15, 0.2) is 0 Å². The quantitative estimate of drug-likeness (QED) is 0.367. The van der Waals surface area contributed by atoms with Crippen LogP contribution in [0.1, 0.15) is 29.8 Å². The standard InChI is InChI=1S/C29H31ClN4O/c30-25-14-12-23(13-15-25)19-34-27-11-5-4-10-26(27)32-28(34)21-33-18-6-9-24(20-33)29(35)31-17-16-22-7-2-1-3-8-22/h1-5,7-8,10-15,24H,6,9,16-21H2,(H,31,35)/t24-/m1/s1. The molecule has 2 heterocycles. The highest BCUT2D eigenvalue weighted by atomic mass is 35.5. The summed E-state index contributed by atoms with van der Waals surface area (Å²) in [6, 6.07) is 26.6. The molecule has 1 atom stereocenters. The van der Waals surface area contributed by atoms with Crippen molar-refractivity contribution in [2.24, 2.45) is 5.92 Å². The summed E-state index contributed by atoms with van der Waals surface area (Å²) in [5.41, 5.74) is 4.57. The van der Waals surface area contributed by atoms with Crippen LogP contribution < -0.4 is 5.32 Å². The lowest BCUT2D eigenvalue weighted by molar-refractivity contribution is -0.126. The Morgan fingerprint density at radius 2 is 1.71 bits per heavy atom. The summed E-state index contributed by atoms with van der Waals surface area (Å²) in [5, 5.41) is 3.90. The van der Waals surface area contributed by atoms with Gasteiger partial charge in [0, 0.05) is 24.7 Å². The SMILES string of the molecule is O=C(NCCc1ccccc1)[C@@H]1CCCN(Cc2nc3ccccc3n2Cc2ccc(Cl)cc2)C1. The van der Waals surface area contributed by atoms with Crippen LogP contribution in [0.25, 0.3) is 11.0 Å². The number of nitrogens with zero attached hydrogens (tertiary/aromatic N) is 3. The summed E-state index contributed by atoms with van der Waals surface area (Å²) in [6.07, 6.45) is 2.82. The number of fused-ring (bicyclic) bond motifs is 1. The van der Waals surface area contributed by atoms with Crippen LogP contribution in [0.4, 0.5) is 0 Å². The summed E-state index contributed by atoms with van der Waals surface area (Å²) in [5.74, 6) is 1.22. The Bertz CT molecular complexity index is 1270. The van der Waals surface area contributed by atoms with Crippen molar-refractivity contribution in [2.75, 3.05) is 19.6 Å². The van der Waals surface area contributed by atoms with Gasteiger partial charge in [0.1, 0.15) is 5.82 Å². The van der Waals surface area contributed by atoms with Crippen molar-refractivity contribution in [1.82, 2.24) is 19.8 Å². The van der Waals surface area contributed by atoms with Gasteiger partial charge in [0.2, 0.25) is 5.91 Å². The minimum atomic E-state index is 0.0219. The van der Waals surface area contributed by atoms with Gasteiger partial charge in [-0.05, 0) is 61.2 Å². The third kappa shape index (κ3) is 5.92. The first-order valence-electron chi connectivity index (χ1n) is 12.4. The minimum absolute atomic E-state index is 0.0219. The number of hydrogen-bond donors (Lipinski definition) is 1. The van der Waals surface area contributed by atoms with Gasteiger partial charge in [-0.2, -0.15) is 0 Å². The summed E-state index contributed by atoms with van der Waals surface area (Å²) < 4.78 is 2.29. The second-order valence-electron chi connectivity index (χ2n) is 9.33. The fourth-order valence-electron chi connectivity index (χ4n) is 4.93. The average molecular weight is 487 g/mol. The topological polar surface area (TPSA) is 50.2 Å². The number of rotatable bonds is 8. The molecule has 3 aromatic carbocycles. The monoisotopic (exact) mass is 486 g/mol. The normalized spacial score (nSPS) is 16.4. The molecule has 1 N–H and O–H groups in total. The number of hydrogen-bond acceptors (Lipinski definition) is 3. The maximum absolute atomic E-state index is 12.9. The van der Waals surface area contributed by atoms with E-state index in [4.69, 9.17) is 16.6 Å². The molecule has 1 fully saturated rings. The number of benzene rings is 3. The Labute approximate surface area is 211 Å². The Morgan fingerprint density at radius 1 is 0.943 bits per heavy atom. The Kier molecular flexibility index (Phi) is 7.45. The van der Waals surface area contributed by atoms with Gasteiger partial charge >= 0.3 is 0 Å². The number of carbonyl (C=O) groups is 1. The van der Waals surface area contributed by atoms with E-state index in [1.165, 1.54) is 11.1 Å². The lowest BCUT2D eigenvalue weighted by Gasteiger charge is -2.31. The van der Waals surface area contributed by atoms with Crippen molar-refractivity contribution in [1.29, 1.82) is 0 Å². The highest BCUT2D eigenvalue weighted by Crippen LogP contribution is 2.23. The molecule has 35 heavy (non-hydrogen) atoms. The maximum Gasteiger partial charge on any atom is 0.224 e. The zero-order valence-corrected chi connectivity index (χ0v) is 20.6. The van der Waals surface area contributed by atoms with Gasteiger partial charge in [-0.3, -0.25) is 9.69 Å². The zero-order valence-electron chi connectivity index (χ0n) is 19.9. The predicted octanol–water partition coefficient (Wildman–Crippen LogP) is 5.31. The third-order valence-corrected chi connectivity index (χ3v) is 7.04. The second-order valence-corrected chi connectivity index (χ2v) is 9.77. The number of imidazole rings is 1. The van der Waals surface area contributed by atoms with Crippen LogP contribution in [0.2, 0.25) is 5.02 Å². The van der Waals surface area contributed by atoms with Gasteiger partial charge in [0.05, 0.1) is 23.5 Å². The Balaban J connectivity index is 1.25. The molecule has 5 nitrogen and oxygen atoms in total. The maximum atomic E-state index is 12.9. The van der Waals surface area contributed by atoms with Crippen LogP contribution in [0.15, 0.2) is 78.9 Å². The minimum Gasteiger partial charge on any atom is -0.355 e. The summed E-state index contributed by atoms with van der Waals surface area (Å²) in [7, 11) is 0. The molecule has 0 saturated carbocycles. The number of carbonyl (C=O) groups excluding carboxylic acids is 1. The predicted molar refractivity (Wildman–Crippen MR) is 141 cm³/mol. The van der Waals surface area contributed by atoms with Crippen molar-refractivity contribution in [3.8, 4) is 0 Å². The number of nitrogens with one attached hydrogen (secondary N) is 1. The van der Waals surface area contributed by atoms with E-state index < -0.39 is 0 Å². The molecule has 1 aliphatic rings. The van der Waals surface area contributed by atoms with E-state index >= 15 is 0 Å². The van der Waals surface area contributed by atoms with Crippen LogP contribution in [0.5, 0.6) is 0 Å². The number of aromatic nitrogens is 2. The second kappa shape index (κ2) is 11.1. The van der Waals surface area contributed by atoms with E-state index in [9.17, 15) is 4.79 Å². The lowest BCUT2D eigenvalue weighted by atomic mass is 9.97. The van der Waals surface area contributed by atoms with E-state index in [0.29, 0.717) is 6.54 Å². The molecular weight excluding hydrogens is 456 g/mol.